The summed E-state index contributed by atoms with van der Waals surface area (Å²) in [7, 11) is 0. The van der Waals surface area contributed by atoms with E-state index in [4.69, 9.17) is 4.98 Å². The van der Waals surface area contributed by atoms with Gasteiger partial charge in [-0.3, -0.25) is 9.89 Å². The third-order valence-corrected chi connectivity index (χ3v) is 6.10. The number of fused-ring (bicyclic) bond motifs is 1. The van der Waals surface area contributed by atoms with E-state index in [1.807, 2.05) is 0 Å². The number of aryl methyl sites for hydroxylation is 2. The van der Waals surface area contributed by atoms with Gasteiger partial charge in [0.2, 0.25) is 0 Å². The second-order valence-electron chi connectivity index (χ2n) is 7.06. The average molecular weight is 372 g/mol. The zero-order valence-electron chi connectivity index (χ0n) is 15.4. The van der Waals surface area contributed by atoms with E-state index < -0.39 is 0 Å². The molecule has 1 aliphatic carbocycles. The summed E-state index contributed by atoms with van der Waals surface area (Å²) in [4.78, 5) is 25.6. The number of aromatic nitrogens is 6. The van der Waals surface area contributed by atoms with Crippen molar-refractivity contribution >= 4 is 17.5 Å². The van der Waals surface area contributed by atoms with E-state index in [0.29, 0.717) is 23.3 Å². The van der Waals surface area contributed by atoms with Gasteiger partial charge in [-0.1, -0.05) is 31.0 Å². The predicted octanol–water partition coefficient (Wildman–Crippen LogP) is 3.34. The molecule has 0 atom stereocenters. The molecule has 1 N–H and O–H groups in total. The van der Waals surface area contributed by atoms with Gasteiger partial charge in [0.1, 0.15) is 5.82 Å². The van der Waals surface area contributed by atoms with Crippen molar-refractivity contribution in [2.45, 2.75) is 69.8 Å². The van der Waals surface area contributed by atoms with E-state index in [9.17, 15) is 4.79 Å². The Kier molecular flexibility index (Phi) is 4.60. The Morgan fingerprint density at radius 2 is 1.92 bits per heavy atom. The van der Waals surface area contributed by atoms with E-state index in [1.165, 1.54) is 48.4 Å². The Morgan fingerprint density at radius 1 is 1.15 bits per heavy atom. The Morgan fingerprint density at radius 3 is 2.69 bits per heavy atom. The van der Waals surface area contributed by atoms with Crippen molar-refractivity contribution in [1.82, 2.24) is 29.1 Å². The van der Waals surface area contributed by atoms with Crippen molar-refractivity contribution in [3.63, 3.8) is 0 Å². The van der Waals surface area contributed by atoms with Gasteiger partial charge in [-0.15, -0.1) is 0 Å². The number of imidazole rings is 1. The lowest BCUT2D eigenvalue weighted by Crippen LogP contribution is -2.15. The molecule has 1 fully saturated rings. The standard InChI is InChI=1S/C18H24N6OS/c1-11-9-16(25)24-17(19-11)21-15(22-24)10-26-18-20-12(2)13(3)23(18)14-7-5-4-6-8-14/h9,14H,4-8,10H2,1-3H3,(H,19,21,22). The van der Waals surface area contributed by atoms with Crippen LogP contribution in [-0.4, -0.2) is 29.1 Å². The fraction of sp³-hybridized carbons (Fsp3) is 0.556. The molecule has 0 saturated heterocycles. The molecular weight excluding hydrogens is 348 g/mol. The lowest BCUT2D eigenvalue weighted by atomic mass is 9.95. The van der Waals surface area contributed by atoms with Crippen molar-refractivity contribution in [2.75, 3.05) is 0 Å². The van der Waals surface area contributed by atoms with Crippen molar-refractivity contribution in [3.05, 3.63) is 39.3 Å². The molecule has 0 amide bonds. The lowest BCUT2D eigenvalue weighted by molar-refractivity contribution is 0.332. The van der Waals surface area contributed by atoms with Gasteiger partial charge >= 0.3 is 0 Å². The van der Waals surface area contributed by atoms with Crippen LogP contribution >= 0.6 is 11.8 Å². The molecule has 4 rings (SSSR count). The zero-order valence-corrected chi connectivity index (χ0v) is 16.3. The van der Waals surface area contributed by atoms with Crippen molar-refractivity contribution in [2.24, 2.45) is 0 Å². The molecule has 8 heteroatoms. The molecule has 0 spiro atoms. The third kappa shape index (κ3) is 3.18. The van der Waals surface area contributed by atoms with Gasteiger partial charge < -0.3 is 4.57 Å². The molecule has 3 heterocycles. The zero-order chi connectivity index (χ0) is 18.3. The summed E-state index contributed by atoms with van der Waals surface area (Å²) >= 11 is 1.67. The highest BCUT2D eigenvalue weighted by Gasteiger charge is 2.22. The Bertz CT molecular complexity index is 995. The largest absolute Gasteiger partial charge is 0.320 e. The molecule has 3 aromatic rings. The summed E-state index contributed by atoms with van der Waals surface area (Å²) in [6.07, 6.45) is 6.39. The monoisotopic (exact) mass is 372 g/mol. The molecule has 138 valence electrons. The number of nitrogens with one attached hydrogen (secondary N) is 1. The van der Waals surface area contributed by atoms with Gasteiger partial charge in [0, 0.05) is 23.5 Å². The first-order valence-corrected chi connectivity index (χ1v) is 10.1. The van der Waals surface area contributed by atoms with E-state index in [2.05, 4.69) is 33.5 Å². The summed E-state index contributed by atoms with van der Waals surface area (Å²) in [5, 5.41) is 4.10. The van der Waals surface area contributed by atoms with Gasteiger partial charge in [0.05, 0.1) is 11.4 Å². The maximum atomic E-state index is 12.0. The number of aromatic amines is 1. The maximum absolute atomic E-state index is 12.0. The van der Waals surface area contributed by atoms with Crippen LogP contribution in [0.2, 0.25) is 0 Å². The first kappa shape index (κ1) is 17.3. The summed E-state index contributed by atoms with van der Waals surface area (Å²) < 4.78 is 3.81. The number of rotatable bonds is 4. The number of nitrogens with zero attached hydrogens (tertiary/aromatic N) is 5. The summed E-state index contributed by atoms with van der Waals surface area (Å²) in [6.45, 7) is 6.04. The summed E-state index contributed by atoms with van der Waals surface area (Å²) in [6, 6.07) is 2.06. The topological polar surface area (TPSA) is 80.9 Å². The highest BCUT2D eigenvalue weighted by atomic mass is 32.2. The molecular formula is C18H24N6OS. The van der Waals surface area contributed by atoms with Crippen LogP contribution in [0.15, 0.2) is 16.0 Å². The molecule has 0 aliphatic heterocycles. The van der Waals surface area contributed by atoms with Crippen molar-refractivity contribution < 1.29 is 0 Å². The normalized spacial score (nSPS) is 15.8. The lowest BCUT2D eigenvalue weighted by Gasteiger charge is -2.25. The fourth-order valence-electron chi connectivity index (χ4n) is 3.70. The van der Waals surface area contributed by atoms with Crippen LogP contribution in [0.25, 0.3) is 5.78 Å². The molecule has 1 aliphatic rings. The van der Waals surface area contributed by atoms with Crippen LogP contribution in [-0.2, 0) is 5.75 Å². The van der Waals surface area contributed by atoms with Crippen LogP contribution in [0.3, 0.4) is 0 Å². The quantitative estimate of drug-likeness (QED) is 0.711. The maximum Gasteiger partial charge on any atom is 0.274 e. The molecule has 7 nitrogen and oxygen atoms in total. The molecule has 0 bridgehead atoms. The van der Waals surface area contributed by atoms with E-state index in [-0.39, 0.29) is 5.56 Å². The van der Waals surface area contributed by atoms with Gasteiger partial charge in [-0.25, -0.2) is 9.97 Å². The second kappa shape index (κ2) is 6.90. The first-order valence-electron chi connectivity index (χ1n) is 9.16. The Balaban J connectivity index is 1.59. The van der Waals surface area contributed by atoms with Crippen LogP contribution in [0.1, 0.15) is 61.1 Å². The van der Waals surface area contributed by atoms with Gasteiger partial charge in [-0.05, 0) is 33.6 Å². The average Bonchev–Trinajstić information content (AvgIpc) is 3.15. The minimum atomic E-state index is -0.133. The number of hydrogen-bond acceptors (Lipinski definition) is 5. The van der Waals surface area contributed by atoms with Crippen LogP contribution in [0.4, 0.5) is 0 Å². The SMILES string of the molecule is Cc1cc(=O)n2[nH]c(CSc3nc(C)c(C)n3C3CCCCC3)nc2n1. The molecule has 0 unspecified atom stereocenters. The smallest absolute Gasteiger partial charge is 0.274 e. The fourth-order valence-corrected chi connectivity index (χ4v) is 4.72. The highest BCUT2D eigenvalue weighted by Crippen LogP contribution is 2.34. The third-order valence-electron chi connectivity index (χ3n) is 5.14. The van der Waals surface area contributed by atoms with E-state index in [1.54, 1.807) is 18.7 Å². The molecule has 26 heavy (non-hydrogen) atoms. The van der Waals surface area contributed by atoms with Crippen LogP contribution in [0.5, 0.6) is 0 Å². The van der Waals surface area contributed by atoms with E-state index in [0.717, 1.165) is 16.7 Å². The van der Waals surface area contributed by atoms with E-state index >= 15 is 0 Å². The minimum Gasteiger partial charge on any atom is -0.320 e. The number of thioether (sulfide) groups is 1. The van der Waals surface area contributed by atoms with Crippen molar-refractivity contribution in [1.29, 1.82) is 0 Å². The minimum absolute atomic E-state index is 0.133. The summed E-state index contributed by atoms with van der Waals surface area (Å²) in [5.41, 5.74) is 2.90. The Labute approximate surface area is 156 Å². The van der Waals surface area contributed by atoms with Crippen LogP contribution < -0.4 is 5.56 Å². The summed E-state index contributed by atoms with van der Waals surface area (Å²) in [5.74, 6) is 1.79. The molecule has 1 saturated carbocycles. The highest BCUT2D eigenvalue weighted by molar-refractivity contribution is 7.98. The van der Waals surface area contributed by atoms with Gasteiger partial charge in [0.15, 0.2) is 5.16 Å². The molecule has 0 aromatic carbocycles. The Hall–Kier alpha value is -2.09. The number of hydrogen-bond donors (Lipinski definition) is 1. The van der Waals surface area contributed by atoms with Gasteiger partial charge in [0.25, 0.3) is 11.3 Å². The molecule has 3 aromatic heterocycles. The first-order chi connectivity index (χ1) is 12.5. The number of H-pyrrole nitrogens is 1. The second-order valence-corrected chi connectivity index (χ2v) is 8.00. The molecule has 0 radical (unpaired) electrons. The van der Waals surface area contributed by atoms with Crippen molar-refractivity contribution in [3.8, 4) is 0 Å². The predicted molar refractivity (Wildman–Crippen MR) is 102 cm³/mol. The van der Waals surface area contributed by atoms with Gasteiger partial charge in [-0.2, -0.15) is 9.50 Å². The van der Waals surface area contributed by atoms with Crippen LogP contribution in [0, 0.1) is 20.8 Å².